The van der Waals surface area contributed by atoms with Crippen molar-refractivity contribution in [3.8, 4) is 5.75 Å². The Morgan fingerprint density at radius 3 is 2.46 bits per heavy atom. The molecule has 0 radical (unpaired) electrons. The van der Waals surface area contributed by atoms with Crippen LogP contribution in [0.5, 0.6) is 5.75 Å². The van der Waals surface area contributed by atoms with Crippen molar-refractivity contribution in [1.82, 2.24) is 5.01 Å². The molecular formula is C20H19F3N2O3. The number of benzene rings is 2. The molecule has 0 bridgehead atoms. The Labute approximate surface area is 160 Å². The molecule has 0 saturated heterocycles. The molecule has 2 aromatic rings. The van der Waals surface area contributed by atoms with Gasteiger partial charge in [0.25, 0.3) is 11.6 Å². The standard InChI is InChI=1S/C20H19F3N2O3/c1-13-8-9-16(10-14(13)2)28-12-18(26)25-19(27,20(21,22)23)11-17(24-25)15-6-4-3-5-7-15/h3-10,27H,11-12H2,1-2H3. The Bertz CT molecular complexity index is 913. The molecule has 8 heteroatoms. The van der Waals surface area contributed by atoms with E-state index < -0.39 is 30.8 Å². The first-order valence-corrected chi connectivity index (χ1v) is 8.57. The summed E-state index contributed by atoms with van der Waals surface area (Å²) < 4.78 is 46.0. The summed E-state index contributed by atoms with van der Waals surface area (Å²) in [7, 11) is 0. The number of aliphatic hydroxyl groups is 1. The number of rotatable bonds is 4. The summed E-state index contributed by atoms with van der Waals surface area (Å²) in [6.45, 7) is 3.06. The lowest BCUT2D eigenvalue weighted by molar-refractivity contribution is -0.302. The lowest BCUT2D eigenvalue weighted by atomic mass is 10.0. The average Bonchev–Trinajstić information content (AvgIpc) is 3.02. The Hall–Kier alpha value is -2.87. The lowest BCUT2D eigenvalue weighted by Crippen LogP contribution is -2.57. The minimum atomic E-state index is -5.08. The maximum Gasteiger partial charge on any atom is 0.438 e. The third kappa shape index (κ3) is 3.73. The van der Waals surface area contributed by atoms with E-state index in [0.717, 1.165) is 11.1 Å². The van der Waals surface area contributed by atoms with E-state index in [4.69, 9.17) is 4.74 Å². The molecule has 1 aliphatic heterocycles. The first kappa shape index (κ1) is 19.9. The fourth-order valence-electron chi connectivity index (χ4n) is 2.83. The van der Waals surface area contributed by atoms with Gasteiger partial charge in [-0.25, -0.2) is 0 Å². The van der Waals surface area contributed by atoms with Crippen LogP contribution in [-0.4, -0.2) is 40.2 Å². The van der Waals surface area contributed by atoms with E-state index in [0.29, 0.717) is 11.3 Å². The van der Waals surface area contributed by atoms with Crippen LogP contribution in [0, 0.1) is 13.8 Å². The highest BCUT2D eigenvalue weighted by Crippen LogP contribution is 2.41. The highest BCUT2D eigenvalue weighted by Gasteiger charge is 2.63. The van der Waals surface area contributed by atoms with Crippen LogP contribution in [0.4, 0.5) is 13.2 Å². The van der Waals surface area contributed by atoms with E-state index in [9.17, 15) is 23.1 Å². The molecule has 1 unspecified atom stereocenters. The number of ether oxygens (including phenoxy) is 1. The summed E-state index contributed by atoms with van der Waals surface area (Å²) in [5, 5.41) is 14.1. The molecule has 0 aromatic heterocycles. The van der Waals surface area contributed by atoms with Gasteiger partial charge in [-0.3, -0.25) is 4.79 Å². The summed E-state index contributed by atoms with van der Waals surface area (Å²) in [5.74, 6) is -0.748. The van der Waals surface area contributed by atoms with Gasteiger partial charge in [0.15, 0.2) is 6.61 Å². The lowest BCUT2D eigenvalue weighted by Gasteiger charge is -2.32. The van der Waals surface area contributed by atoms with Crippen LogP contribution < -0.4 is 4.74 Å². The van der Waals surface area contributed by atoms with Gasteiger partial charge in [0.05, 0.1) is 12.1 Å². The molecule has 0 saturated carbocycles. The first-order valence-electron chi connectivity index (χ1n) is 8.57. The monoisotopic (exact) mass is 392 g/mol. The van der Waals surface area contributed by atoms with Crippen LogP contribution in [0.25, 0.3) is 0 Å². The van der Waals surface area contributed by atoms with Crippen molar-refractivity contribution in [2.45, 2.75) is 32.2 Å². The molecule has 148 valence electrons. The maximum absolute atomic E-state index is 13.5. The molecule has 1 atom stereocenters. The van der Waals surface area contributed by atoms with Crippen molar-refractivity contribution < 1.29 is 27.8 Å². The largest absolute Gasteiger partial charge is 0.484 e. The highest BCUT2D eigenvalue weighted by atomic mass is 19.4. The minimum Gasteiger partial charge on any atom is -0.484 e. The molecule has 3 rings (SSSR count). The van der Waals surface area contributed by atoms with E-state index in [-0.39, 0.29) is 10.7 Å². The van der Waals surface area contributed by atoms with Crippen molar-refractivity contribution in [1.29, 1.82) is 0 Å². The average molecular weight is 392 g/mol. The fourth-order valence-corrected chi connectivity index (χ4v) is 2.83. The topological polar surface area (TPSA) is 62.1 Å². The number of amides is 1. The summed E-state index contributed by atoms with van der Waals surface area (Å²) in [4.78, 5) is 12.4. The van der Waals surface area contributed by atoms with E-state index >= 15 is 0 Å². The molecule has 0 fully saturated rings. The predicted octanol–water partition coefficient (Wildman–Crippen LogP) is 3.57. The van der Waals surface area contributed by atoms with Gasteiger partial charge in [-0.2, -0.15) is 23.3 Å². The first-order chi connectivity index (χ1) is 13.1. The zero-order valence-corrected chi connectivity index (χ0v) is 15.3. The molecule has 0 spiro atoms. The number of carbonyl (C=O) groups excluding carboxylic acids is 1. The van der Waals surface area contributed by atoms with E-state index in [2.05, 4.69) is 5.10 Å². The quantitative estimate of drug-likeness (QED) is 0.865. The maximum atomic E-state index is 13.5. The van der Waals surface area contributed by atoms with Crippen molar-refractivity contribution in [2.75, 3.05) is 6.61 Å². The molecule has 28 heavy (non-hydrogen) atoms. The zero-order chi connectivity index (χ0) is 20.5. The van der Waals surface area contributed by atoms with Gasteiger partial charge in [0.2, 0.25) is 0 Å². The smallest absolute Gasteiger partial charge is 0.438 e. The van der Waals surface area contributed by atoms with Crippen molar-refractivity contribution in [3.63, 3.8) is 0 Å². The third-order valence-electron chi connectivity index (χ3n) is 4.62. The fraction of sp³-hybridized carbons (Fsp3) is 0.300. The summed E-state index contributed by atoms with van der Waals surface area (Å²) in [6.07, 6.45) is -5.93. The number of nitrogens with zero attached hydrogens (tertiary/aromatic N) is 2. The number of hydrogen-bond donors (Lipinski definition) is 1. The van der Waals surface area contributed by atoms with Crippen LogP contribution in [0.15, 0.2) is 53.6 Å². The second kappa shape index (κ2) is 7.27. The summed E-state index contributed by atoms with van der Waals surface area (Å²) >= 11 is 0. The van der Waals surface area contributed by atoms with Crippen LogP contribution in [0.1, 0.15) is 23.1 Å². The molecular weight excluding hydrogens is 373 g/mol. The van der Waals surface area contributed by atoms with Gasteiger partial charge in [-0.05, 0) is 42.7 Å². The second-order valence-corrected chi connectivity index (χ2v) is 6.64. The number of hydrogen-bond acceptors (Lipinski definition) is 4. The van der Waals surface area contributed by atoms with E-state index in [1.54, 1.807) is 48.5 Å². The number of hydrazone groups is 1. The zero-order valence-electron chi connectivity index (χ0n) is 15.3. The minimum absolute atomic E-state index is 0.0278. The molecule has 2 aromatic carbocycles. The normalized spacial score (nSPS) is 19.5. The van der Waals surface area contributed by atoms with Gasteiger partial charge >= 0.3 is 6.18 Å². The van der Waals surface area contributed by atoms with Crippen molar-refractivity contribution in [2.24, 2.45) is 5.10 Å². The summed E-state index contributed by atoms with van der Waals surface area (Å²) in [6, 6.07) is 13.2. The van der Waals surface area contributed by atoms with Crippen LogP contribution in [-0.2, 0) is 4.79 Å². The number of halogens is 3. The Kier molecular flexibility index (Phi) is 5.16. The van der Waals surface area contributed by atoms with E-state index in [1.807, 2.05) is 13.8 Å². The highest BCUT2D eigenvalue weighted by molar-refractivity contribution is 6.03. The van der Waals surface area contributed by atoms with Gasteiger partial charge in [0.1, 0.15) is 5.75 Å². The SMILES string of the molecule is Cc1ccc(OCC(=O)N2N=C(c3ccccc3)CC2(O)C(F)(F)F)cc1C. The Morgan fingerprint density at radius 2 is 1.86 bits per heavy atom. The molecule has 1 aliphatic rings. The number of alkyl halides is 3. The molecule has 1 N–H and O–H groups in total. The molecule has 1 heterocycles. The van der Waals surface area contributed by atoms with Gasteiger partial charge in [-0.15, -0.1) is 0 Å². The molecule has 1 amide bonds. The predicted molar refractivity (Wildman–Crippen MR) is 96.9 cm³/mol. The number of carbonyl (C=O) groups is 1. The van der Waals surface area contributed by atoms with Crippen LogP contribution in [0.3, 0.4) is 0 Å². The second-order valence-electron chi connectivity index (χ2n) is 6.64. The molecule has 0 aliphatic carbocycles. The van der Waals surface area contributed by atoms with Crippen LogP contribution in [0.2, 0.25) is 0 Å². The third-order valence-corrected chi connectivity index (χ3v) is 4.62. The Morgan fingerprint density at radius 1 is 1.18 bits per heavy atom. The Balaban J connectivity index is 1.83. The number of aryl methyl sites for hydroxylation is 2. The van der Waals surface area contributed by atoms with E-state index in [1.165, 1.54) is 0 Å². The van der Waals surface area contributed by atoms with Crippen LogP contribution >= 0.6 is 0 Å². The van der Waals surface area contributed by atoms with Crippen molar-refractivity contribution >= 4 is 11.6 Å². The van der Waals surface area contributed by atoms with Gasteiger partial charge in [0, 0.05) is 0 Å². The summed E-state index contributed by atoms with van der Waals surface area (Å²) in [5.41, 5.74) is -1.11. The van der Waals surface area contributed by atoms with Crippen molar-refractivity contribution in [3.05, 3.63) is 65.2 Å². The molecule has 5 nitrogen and oxygen atoms in total. The van der Waals surface area contributed by atoms with Gasteiger partial charge in [-0.1, -0.05) is 36.4 Å². The van der Waals surface area contributed by atoms with Gasteiger partial charge < -0.3 is 9.84 Å².